The maximum atomic E-state index is 12.7. The Labute approximate surface area is 213 Å². The van der Waals surface area contributed by atoms with E-state index in [1.165, 1.54) is 18.3 Å². The molecular weight excluding hydrogens is 487 g/mol. The first-order valence-electron chi connectivity index (χ1n) is 12.3. The smallest absolute Gasteiger partial charge is 0.349 e. The summed E-state index contributed by atoms with van der Waals surface area (Å²) in [5.74, 6) is -2.56. The Morgan fingerprint density at radius 3 is 2.46 bits per heavy atom. The summed E-state index contributed by atoms with van der Waals surface area (Å²) < 4.78 is 38.1. The molecule has 8 nitrogen and oxygen atoms in total. The van der Waals surface area contributed by atoms with Crippen molar-refractivity contribution >= 4 is 23.4 Å². The molecule has 0 atom stereocenters. The van der Waals surface area contributed by atoms with Crippen molar-refractivity contribution in [3.8, 4) is 0 Å². The lowest BCUT2D eigenvalue weighted by Gasteiger charge is -2.46. The molecule has 0 bridgehead atoms. The number of amides is 3. The fourth-order valence-electron chi connectivity index (χ4n) is 4.99. The topological polar surface area (TPSA) is 103 Å². The monoisotopic (exact) mass is 517 g/mol. The van der Waals surface area contributed by atoms with E-state index in [2.05, 4.69) is 20.5 Å². The molecule has 1 aromatic carbocycles. The van der Waals surface area contributed by atoms with Crippen molar-refractivity contribution in [2.24, 2.45) is 0 Å². The first-order valence-corrected chi connectivity index (χ1v) is 12.3. The van der Waals surface area contributed by atoms with Crippen LogP contribution in [0.4, 0.5) is 18.9 Å². The number of aryl methyl sites for hydroxylation is 1. The van der Waals surface area contributed by atoms with Gasteiger partial charge in [-0.25, -0.2) is 0 Å². The van der Waals surface area contributed by atoms with Gasteiger partial charge in [-0.05, 0) is 56.9 Å². The van der Waals surface area contributed by atoms with Crippen molar-refractivity contribution < 1.29 is 27.6 Å². The Hall–Kier alpha value is -3.47. The Morgan fingerprint density at radius 1 is 1.05 bits per heavy atom. The predicted octanol–water partition coefficient (Wildman–Crippen LogP) is 3.15. The first-order chi connectivity index (χ1) is 17.6. The summed E-state index contributed by atoms with van der Waals surface area (Å²) in [6.45, 7) is 3.23. The molecule has 2 aromatic rings. The van der Waals surface area contributed by atoms with E-state index in [9.17, 15) is 27.6 Å². The zero-order valence-electron chi connectivity index (χ0n) is 20.5. The van der Waals surface area contributed by atoms with Gasteiger partial charge in [0.05, 0.1) is 24.0 Å². The van der Waals surface area contributed by atoms with Gasteiger partial charge in [0, 0.05) is 36.8 Å². The van der Waals surface area contributed by atoms with Crippen LogP contribution in [0.3, 0.4) is 0 Å². The molecular formula is C26H30F3N5O3. The fraction of sp³-hybridized carbons (Fsp3) is 0.462. The Morgan fingerprint density at radius 2 is 1.78 bits per heavy atom. The minimum Gasteiger partial charge on any atom is -0.349 e. The summed E-state index contributed by atoms with van der Waals surface area (Å²) in [5.41, 5.74) is 2.07. The van der Waals surface area contributed by atoms with Crippen molar-refractivity contribution in [2.45, 2.75) is 56.8 Å². The minimum atomic E-state index is -4.96. The molecule has 2 fully saturated rings. The van der Waals surface area contributed by atoms with E-state index in [0.717, 1.165) is 31.2 Å². The molecule has 0 radical (unpaired) electrons. The quantitative estimate of drug-likeness (QED) is 0.524. The van der Waals surface area contributed by atoms with Crippen LogP contribution >= 0.6 is 0 Å². The molecule has 3 amide bonds. The molecule has 2 aliphatic rings. The average Bonchev–Trinajstić information content (AvgIpc) is 2.84. The molecule has 1 aliphatic carbocycles. The summed E-state index contributed by atoms with van der Waals surface area (Å²) in [6.07, 6.45) is -0.246. The van der Waals surface area contributed by atoms with E-state index in [0.29, 0.717) is 30.4 Å². The van der Waals surface area contributed by atoms with Crippen LogP contribution in [0.2, 0.25) is 0 Å². The zero-order valence-corrected chi connectivity index (χ0v) is 20.5. The van der Waals surface area contributed by atoms with Crippen LogP contribution in [0.5, 0.6) is 0 Å². The SMILES string of the molecule is Cc1cccc(C(=O)NCC(=O)NC2CN(C3CCC(c4ncccc4NC(=O)C(F)(F)F)CC3)C2)c1. The Bertz CT molecular complexity index is 1140. The second-order valence-electron chi connectivity index (χ2n) is 9.66. The number of halogens is 3. The second kappa shape index (κ2) is 11.3. The lowest BCUT2D eigenvalue weighted by Crippen LogP contribution is -2.63. The summed E-state index contributed by atoms with van der Waals surface area (Å²) >= 11 is 0. The Kier molecular flexibility index (Phi) is 8.11. The number of nitrogens with zero attached hydrogens (tertiary/aromatic N) is 2. The first kappa shape index (κ1) is 26.6. The number of likely N-dealkylation sites (tertiary alicyclic amines) is 1. The molecule has 3 N–H and O–H groups in total. The van der Waals surface area contributed by atoms with Gasteiger partial charge in [0.2, 0.25) is 5.91 Å². The number of rotatable bonds is 7. The molecule has 11 heteroatoms. The number of benzene rings is 1. The molecule has 1 aliphatic heterocycles. The predicted molar refractivity (Wildman–Crippen MR) is 131 cm³/mol. The van der Waals surface area contributed by atoms with E-state index >= 15 is 0 Å². The number of carbonyl (C=O) groups is 3. The lowest BCUT2D eigenvalue weighted by atomic mass is 9.81. The standard InChI is InChI=1S/C26H30F3N5O3/c1-16-4-2-5-18(12-16)24(36)31-13-22(35)32-19-14-34(15-19)20-9-7-17(8-10-20)23-21(6-3-11-30-23)33-25(37)26(27,28)29/h2-6,11-12,17,19-20H,7-10,13-15H2,1H3,(H,31,36)(H,32,35)(H,33,37). The molecule has 0 spiro atoms. The zero-order chi connectivity index (χ0) is 26.6. The largest absolute Gasteiger partial charge is 0.471 e. The molecule has 2 heterocycles. The van der Waals surface area contributed by atoms with Crippen molar-refractivity contribution in [3.05, 3.63) is 59.4 Å². The lowest BCUT2D eigenvalue weighted by molar-refractivity contribution is -0.167. The number of carbonyl (C=O) groups excluding carboxylic acids is 3. The van der Waals surface area contributed by atoms with Crippen LogP contribution in [0.1, 0.15) is 53.2 Å². The van der Waals surface area contributed by atoms with Crippen molar-refractivity contribution in [3.63, 3.8) is 0 Å². The van der Waals surface area contributed by atoms with Crippen LogP contribution in [0.15, 0.2) is 42.6 Å². The highest BCUT2D eigenvalue weighted by Crippen LogP contribution is 2.38. The van der Waals surface area contributed by atoms with E-state index in [-0.39, 0.29) is 36.0 Å². The highest BCUT2D eigenvalue weighted by Gasteiger charge is 2.40. The number of aromatic nitrogens is 1. The third-order valence-electron chi connectivity index (χ3n) is 6.91. The van der Waals surface area contributed by atoms with Gasteiger partial charge in [-0.15, -0.1) is 0 Å². The van der Waals surface area contributed by atoms with E-state index < -0.39 is 12.1 Å². The van der Waals surface area contributed by atoms with E-state index in [1.54, 1.807) is 18.2 Å². The van der Waals surface area contributed by atoms with Crippen LogP contribution in [-0.4, -0.2) is 65.5 Å². The average molecular weight is 518 g/mol. The molecule has 37 heavy (non-hydrogen) atoms. The molecule has 0 unspecified atom stereocenters. The van der Waals surface area contributed by atoms with Crippen LogP contribution < -0.4 is 16.0 Å². The maximum absolute atomic E-state index is 12.7. The third kappa shape index (κ3) is 6.85. The van der Waals surface area contributed by atoms with Gasteiger partial charge in [-0.3, -0.25) is 24.3 Å². The molecule has 1 saturated carbocycles. The highest BCUT2D eigenvalue weighted by atomic mass is 19.4. The normalized spacial score (nSPS) is 20.5. The number of alkyl halides is 3. The van der Waals surface area contributed by atoms with Gasteiger partial charge >= 0.3 is 12.1 Å². The molecule has 198 valence electrons. The van der Waals surface area contributed by atoms with Gasteiger partial charge in [-0.1, -0.05) is 17.7 Å². The van der Waals surface area contributed by atoms with Crippen LogP contribution in [-0.2, 0) is 9.59 Å². The van der Waals surface area contributed by atoms with Crippen LogP contribution in [0, 0.1) is 6.92 Å². The van der Waals surface area contributed by atoms with Gasteiger partial charge < -0.3 is 16.0 Å². The highest BCUT2D eigenvalue weighted by molar-refractivity contribution is 5.96. The fourth-order valence-corrected chi connectivity index (χ4v) is 4.99. The van der Waals surface area contributed by atoms with Gasteiger partial charge in [-0.2, -0.15) is 13.2 Å². The van der Waals surface area contributed by atoms with E-state index in [1.807, 2.05) is 18.3 Å². The number of pyridine rings is 1. The maximum Gasteiger partial charge on any atom is 0.471 e. The number of hydrogen-bond donors (Lipinski definition) is 3. The van der Waals surface area contributed by atoms with E-state index in [4.69, 9.17) is 0 Å². The summed E-state index contributed by atoms with van der Waals surface area (Å²) in [5, 5.41) is 7.53. The number of hydrogen-bond acceptors (Lipinski definition) is 5. The third-order valence-corrected chi connectivity index (χ3v) is 6.91. The summed E-state index contributed by atoms with van der Waals surface area (Å²) in [4.78, 5) is 42.4. The molecule has 4 rings (SSSR count). The van der Waals surface area contributed by atoms with Crippen molar-refractivity contribution in [1.82, 2.24) is 20.5 Å². The molecule has 1 saturated heterocycles. The Balaban J connectivity index is 1.19. The summed E-state index contributed by atoms with van der Waals surface area (Å²) in [6, 6.07) is 10.4. The van der Waals surface area contributed by atoms with Gasteiger partial charge in [0.1, 0.15) is 0 Å². The van der Waals surface area contributed by atoms with Crippen molar-refractivity contribution in [1.29, 1.82) is 0 Å². The second-order valence-corrected chi connectivity index (χ2v) is 9.66. The minimum absolute atomic E-state index is 0.0149. The molecule has 1 aromatic heterocycles. The van der Waals surface area contributed by atoms with Crippen molar-refractivity contribution in [2.75, 3.05) is 25.0 Å². The van der Waals surface area contributed by atoms with Crippen LogP contribution in [0.25, 0.3) is 0 Å². The summed E-state index contributed by atoms with van der Waals surface area (Å²) in [7, 11) is 0. The number of nitrogens with one attached hydrogen (secondary N) is 3. The van der Waals surface area contributed by atoms with Gasteiger partial charge in [0.25, 0.3) is 5.91 Å². The van der Waals surface area contributed by atoms with Gasteiger partial charge in [0.15, 0.2) is 0 Å². The number of anilines is 1.